The summed E-state index contributed by atoms with van der Waals surface area (Å²) in [5.74, 6) is -0.409. The molecule has 0 fully saturated rings. The Hall–Kier alpha value is -4.12. The van der Waals surface area contributed by atoms with E-state index in [-0.39, 0.29) is 10.7 Å². The molecule has 0 saturated heterocycles. The Morgan fingerprint density at radius 2 is 1.86 bits per heavy atom. The van der Waals surface area contributed by atoms with E-state index >= 15 is 0 Å². The van der Waals surface area contributed by atoms with Crippen molar-refractivity contribution < 1.29 is 24.2 Å². The van der Waals surface area contributed by atoms with Crippen LogP contribution in [0.2, 0.25) is 5.02 Å². The smallest absolute Gasteiger partial charge is 0.296 e. The standard InChI is InChI=1S/C31H26ClN3O5S2/c1-3-40-24-16-14-20(17-25(24)39-2)27-26(23(36)15-13-19-9-5-4-6-10-19)28(37)29(38)35(27)30-33-34-31(42-30)41-18-21-11-7-8-12-22(21)32/h4-17,27,37H,3,18H2,1-2H3. The number of benzene rings is 3. The molecule has 1 unspecified atom stereocenters. The molecule has 0 spiro atoms. The molecule has 11 heteroatoms. The Morgan fingerprint density at radius 1 is 1.10 bits per heavy atom. The van der Waals surface area contributed by atoms with Crippen LogP contribution in [0.5, 0.6) is 11.5 Å². The van der Waals surface area contributed by atoms with Crippen LogP contribution in [-0.2, 0) is 15.3 Å². The number of carbonyl (C=O) groups excluding carboxylic acids is 2. The van der Waals surface area contributed by atoms with E-state index in [2.05, 4.69) is 10.2 Å². The number of rotatable bonds is 11. The van der Waals surface area contributed by atoms with Gasteiger partial charge in [0.15, 0.2) is 27.4 Å². The van der Waals surface area contributed by atoms with Gasteiger partial charge < -0.3 is 14.6 Å². The largest absolute Gasteiger partial charge is 0.503 e. The molecule has 1 aliphatic heterocycles. The zero-order chi connectivity index (χ0) is 29.6. The third-order valence-electron chi connectivity index (χ3n) is 6.41. The van der Waals surface area contributed by atoms with Crippen molar-refractivity contribution in [3.63, 3.8) is 0 Å². The summed E-state index contributed by atoms with van der Waals surface area (Å²) in [6.07, 6.45) is 2.99. The van der Waals surface area contributed by atoms with Crippen LogP contribution < -0.4 is 14.4 Å². The quantitative estimate of drug-likeness (QED) is 0.108. The first-order valence-electron chi connectivity index (χ1n) is 13.0. The Kier molecular flexibility index (Phi) is 9.26. The summed E-state index contributed by atoms with van der Waals surface area (Å²) in [4.78, 5) is 28.4. The molecule has 0 bridgehead atoms. The summed E-state index contributed by atoms with van der Waals surface area (Å²) in [6.45, 7) is 2.29. The van der Waals surface area contributed by atoms with Crippen molar-refractivity contribution in [1.82, 2.24) is 10.2 Å². The van der Waals surface area contributed by atoms with E-state index in [0.29, 0.717) is 38.8 Å². The molecule has 0 saturated carbocycles. The number of ether oxygens (including phenoxy) is 2. The number of methoxy groups -OCH3 is 1. The number of ketones is 1. The topological polar surface area (TPSA) is 102 Å². The van der Waals surface area contributed by atoms with Crippen LogP contribution in [0.4, 0.5) is 5.13 Å². The van der Waals surface area contributed by atoms with Crippen LogP contribution >= 0.6 is 34.7 Å². The van der Waals surface area contributed by atoms with Gasteiger partial charge in [-0.25, -0.2) is 0 Å². The monoisotopic (exact) mass is 619 g/mol. The second kappa shape index (κ2) is 13.2. The molecule has 5 rings (SSSR count). The average molecular weight is 620 g/mol. The molecule has 8 nitrogen and oxygen atoms in total. The lowest BCUT2D eigenvalue weighted by Gasteiger charge is -2.24. The van der Waals surface area contributed by atoms with Crippen molar-refractivity contribution in [1.29, 1.82) is 0 Å². The van der Waals surface area contributed by atoms with Crippen LogP contribution in [0, 0.1) is 0 Å². The van der Waals surface area contributed by atoms with Gasteiger partial charge in [0.25, 0.3) is 5.91 Å². The molecule has 1 aromatic heterocycles. The average Bonchev–Trinajstić information content (AvgIpc) is 3.58. The summed E-state index contributed by atoms with van der Waals surface area (Å²) in [6, 6.07) is 21.0. The van der Waals surface area contributed by atoms with Crippen molar-refractivity contribution in [2.24, 2.45) is 0 Å². The molecule has 1 atom stereocenters. The number of aliphatic hydroxyl groups excluding tert-OH is 1. The van der Waals surface area contributed by atoms with Crippen LogP contribution in [0.1, 0.15) is 29.7 Å². The molecule has 0 radical (unpaired) electrons. The first-order chi connectivity index (χ1) is 20.4. The van der Waals surface area contributed by atoms with Gasteiger partial charge in [-0.1, -0.05) is 95.4 Å². The van der Waals surface area contributed by atoms with Crippen molar-refractivity contribution >= 4 is 57.6 Å². The third-order valence-corrected chi connectivity index (χ3v) is 8.89. The second-order valence-corrected chi connectivity index (χ2v) is 11.6. The molecule has 0 aliphatic carbocycles. The van der Waals surface area contributed by atoms with Crippen molar-refractivity contribution in [3.8, 4) is 11.5 Å². The van der Waals surface area contributed by atoms with Gasteiger partial charge in [-0.05, 0) is 47.9 Å². The number of nitrogens with zero attached hydrogens (tertiary/aromatic N) is 3. The summed E-state index contributed by atoms with van der Waals surface area (Å²) in [5.41, 5.74) is 2.20. The third kappa shape index (κ3) is 6.20. The zero-order valence-electron chi connectivity index (χ0n) is 22.7. The van der Waals surface area contributed by atoms with E-state index in [0.717, 1.165) is 11.1 Å². The minimum atomic E-state index is -0.982. The fourth-order valence-corrected chi connectivity index (χ4v) is 6.59. The van der Waals surface area contributed by atoms with Gasteiger partial charge in [0.1, 0.15) is 0 Å². The highest BCUT2D eigenvalue weighted by Crippen LogP contribution is 2.45. The van der Waals surface area contributed by atoms with Gasteiger partial charge in [-0.2, -0.15) is 0 Å². The molecule has 214 valence electrons. The lowest BCUT2D eigenvalue weighted by atomic mass is 9.95. The molecule has 2 heterocycles. The van der Waals surface area contributed by atoms with Gasteiger partial charge in [0.05, 0.1) is 25.3 Å². The molecule has 1 aliphatic rings. The Labute approximate surface area is 256 Å². The van der Waals surface area contributed by atoms with E-state index < -0.39 is 23.5 Å². The predicted octanol–water partition coefficient (Wildman–Crippen LogP) is 7.07. The van der Waals surface area contributed by atoms with Gasteiger partial charge in [-0.3, -0.25) is 14.5 Å². The van der Waals surface area contributed by atoms with Gasteiger partial charge in [0, 0.05) is 10.8 Å². The normalized spacial score (nSPS) is 15.1. The number of anilines is 1. The summed E-state index contributed by atoms with van der Waals surface area (Å²) in [5, 5.41) is 20.5. The number of aromatic nitrogens is 2. The van der Waals surface area contributed by atoms with Gasteiger partial charge in [0.2, 0.25) is 5.13 Å². The number of hydrogen-bond acceptors (Lipinski definition) is 9. The minimum Gasteiger partial charge on any atom is -0.503 e. The fourth-order valence-electron chi connectivity index (χ4n) is 4.44. The number of halogens is 1. The summed E-state index contributed by atoms with van der Waals surface area (Å²) < 4.78 is 11.8. The maximum absolute atomic E-state index is 13.6. The minimum absolute atomic E-state index is 0.0705. The molecule has 1 N–H and O–H groups in total. The first-order valence-corrected chi connectivity index (χ1v) is 15.1. The second-order valence-electron chi connectivity index (χ2n) is 9.02. The Balaban J connectivity index is 1.51. The first kappa shape index (κ1) is 29.4. The highest BCUT2D eigenvalue weighted by atomic mass is 35.5. The summed E-state index contributed by atoms with van der Waals surface area (Å²) in [7, 11) is 1.51. The SMILES string of the molecule is CCOc1ccc(C2C(C(=O)C=Cc3ccccc3)=C(O)C(=O)N2c2nnc(SCc3ccccc3Cl)s2)cc1OC. The van der Waals surface area contributed by atoms with E-state index in [1.165, 1.54) is 41.2 Å². The van der Waals surface area contributed by atoms with Crippen LogP contribution in [-0.4, -0.2) is 40.7 Å². The predicted molar refractivity (Wildman–Crippen MR) is 165 cm³/mol. The highest BCUT2D eigenvalue weighted by Gasteiger charge is 2.45. The highest BCUT2D eigenvalue weighted by molar-refractivity contribution is 8.00. The van der Waals surface area contributed by atoms with E-state index in [4.69, 9.17) is 21.1 Å². The van der Waals surface area contributed by atoms with Crippen LogP contribution in [0.3, 0.4) is 0 Å². The lowest BCUT2D eigenvalue weighted by molar-refractivity contribution is -0.117. The molecular weight excluding hydrogens is 594 g/mol. The number of carbonyl (C=O) groups is 2. The maximum atomic E-state index is 13.6. The van der Waals surface area contributed by atoms with Crippen LogP contribution in [0.25, 0.3) is 6.08 Å². The maximum Gasteiger partial charge on any atom is 0.296 e. The van der Waals surface area contributed by atoms with Crippen molar-refractivity contribution in [3.05, 3.63) is 112 Å². The van der Waals surface area contributed by atoms with Crippen LogP contribution in [0.15, 0.2) is 94.5 Å². The van der Waals surface area contributed by atoms with Gasteiger partial charge in [-0.15, -0.1) is 10.2 Å². The number of thioether (sulfide) groups is 1. The number of hydrogen-bond donors (Lipinski definition) is 1. The molecule has 4 aromatic rings. The molecular formula is C31H26ClN3O5S2. The Bertz CT molecular complexity index is 1670. The van der Waals surface area contributed by atoms with E-state index in [1.54, 1.807) is 24.3 Å². The van der Waals surface area contributed by atoms with Crippen molar-refractivity contribution in [2.45, 2.75) is 23.1 Å². The number of amides is 1. The summed E-state index contributed by atoms with van der Waals surface area (Å²) >= 11 is 8.91. The Morgan fingerprint density at radius 3 is 2.60 bits per heavy atom. The van der Waals surface area contributed by atoms with Crippen molar-refractivity contribution in [2.75, 3.05) is 18.6 Å². The zero-order valence-corrected chi connectivity index (χ0v) is 25.1. The molecule has 1 amide bonds. The molecule has 42 heavy (non-hydrogen) atoms. The number of aliphatic hydroxyl groups is 1. The molecule has 3 aromatic carbocycles. The van der Waals surface area contributed by atoms with E-state index in [1.807, 2.05) is 61.5 Å². The lowest BCUT2D eigenvalue weighted by Crippen LogP contribution is -2.30. The van der Waals surface area contributed by atoms with E-state index in [9.17, 15) is 14.7 Å². The number of allylic oxidation sites excluding steroid dienone is 1. The fraction of sp³-hybridized carbons (Fsp3) is 0.161. The van der Waals surface area contributed by atoms with Gasteiger partial charge >= 0.3 is 0 Å².